The molecule has 1 N–H and O–H groups in total. The van der Waals surface area contributed by atoms with Crippen molar-refractivity contribution in [2.24, 2.45) is 0 Å². The largest absolute Gasteiger partial charge is 0.482 e. The van der Waals surface area contributed by atoms with Gasteiger partial charge in [0.15, 0.2) is 11.7 Å². The van der Waals surface area contributed by atoms with Gasteiger partial charge in [-0.2, -0.15) is 0 Å². The number of amides is 2. The highest BCUT2D eigenvalue weighted by Crippen LogP contribution is 2.37. The molecule has 8 heteroatoms. The number of aromatic nitrogens is 1. The second-order valence-corrected chi connectivity index (χ2v) is 7.31. The smallest absolute Gasteiger partial charge is 0.265 e. The summed E-state index contributed by atoms with van der Waals surface area (Å²) in [5, 5.41) is 5.05. The predicted octanol–water partition coefficient (Wildman–Crippen LogP) is 3.32. The number of nitrogens with zero attached hydrogens (tertiary/aromatic N) is 2. The lowest BCUT2D eigenvalue weighted by molar-refractivity contribution is -0.121. The summed E-state index contributed by atoms with van der Waals surface area (Å²) >= 11 is 1.33. The van der Waals surface area contributed by atoms with E-state index >= 15 is 0 Å². The van der Waals surface area contributed by atoms with Crippen LogP contribution in [0, 0.1) is 0 Å². The maximum Gasteiger partial charge on any atom is 0.265 e. The summed E-state index contributed by atoms with van der Waals surface area (Å²) in [6.45, 7) is 0.460. The summed E-state index contributed by atoms with van der Waals surface area (Å²) in [5.41, 5.74) is 3.29. The van der Waals surface area contributed by atoms with Crippen LogP contribution in [0.25, 0.3) is 11.3 Å². The molecule has 2 heterocycles. The maximum absolute atomic E-state index is 12.5. The van der Waals surface area contributed by atoms with Crippen molar-refractivity contribution < 1.29 is 19.1 Å². The van der Waals surface area contributed by atoms with Crippen molar-refractivity contribution >= 4 is 34.0 Å². The molecule has 1 aliphatic heterocycles. The molecular formula is C21H19N3O4S. The van der Waals surface area contributed by atoms with Crippen LogP contribution in [0.5, 0.6) is 5.75 Å². The van der Waals surface area contributed by atoms with Crippen molar-refractivity contribution in [2.45, 2.75) is 6.54 Å². The van der Waals surface area contributed by atoms with Crippen molar-refractivity contribution in [3.8, 4) is 17.0 Å². The van der Waals surface area contributed by atoms with Gasteiger partial charge in [-0.05, 0) is 23.8 Å². The first kappa shape index (κ1) is 19.1. The van der Waals surface area contributed by atoms with Crippen LogP contribution >= 0.6 is 11.3 Å². The number of hydrogen-bond donors (Lipinski definition) is 1. The number of fused-ring (bicyclic) bond motifs is 1. The molecule has 0 saturated heterocycles. The minimum Gasteiger partial charge on any atom is -0.482 e. The SMILES string of the molecule is COCC(=O)Nc1nc(-c2ccc3c(c2)N(Cc2ccccc2)C(=O)CO3)cs1. The van der Waals surface area contributed by atoms with E-state index in [0.717, 1.165) is 11.1 Å². The Morgan fingerprint density at radius 2 is 2.10 bits per heavy atom. The number of benzene rings is 2. The van der Waals surface area contributed by atoms with E-state index in [-0.39, 0.29) is 25.0 Å². The molecule has 148 valence electrons. The van der Waals surface area contributed by atoms with Gasteiger partial charge in [-0.15, -0.1) is 11.3 Å². The third-order valence-electron chi connectivity index (χ3n) is 4.41. The zero-order chi connectivity index (χ0) is 20.2. The standard InChI is InChI=1S/C21H19N3O4S/c1-27-11-19(25)23-21-22-16(13-29-21)15-7-8-18-17(9-15)24(20(26)12-28-18)10-14-5-3-2-4-6-14/h2-9,13H,10-12H2,1H3,(H,22,23,25). The Balaban J connectivity index is 1.61. The summed E-state index contributed by atoms with van der Waals surface area (Å²) in [5.74, 6) is 0.310. The fourth-order valence-electron chi connectivity index (χ4n) is 3.05. The molecule has 0 atom stereocenters. The third kappa shape index (κ3) is 4.28. The average molecular weight is 409 g/mol. The number of rotatable bonds is 6. The van der Waals surface area contributed by atoms with Gasteiger partial charge in [0, 0.05) is 18.1 Å². The summed E-state index contributed by atoms with van der Waals surface area (Å²) < 4.78 is 10.4. The van der Waals surface area contributed by atoms with Gasteiger partial charge in [-0.1, -0.05) is 30.3 Å². The highest BCUT2D eigenvalue weighted by Gasteiger charge is 2.26. The quantitative estimate of drug-likeness (QED) is 0.676. The van der Waals surface area contributed by atoms with Crippen LogP contribution < -0.4 is 15.0 Å². The first-order valence-corrected chi connectivity index (χ1v) is 9.88. The van der Waals surface area contributed by atoms with Crippen molar-refractivity contribution in [3.63, 3.8) is 0 Å². The molecule has 0 unspecified atom stereocenters. The molecule has 0 aliphatic carbocycles. The monoisotopic (exact) mass is 409 g/mol. The van der Waals surface area contributed by atoms with Crippen molar-refractivity contribution in [3.05, 3.63) is 59.5 Å². The Hall–Kier alpha value is -3.23. The zero-order valence-corrected chi connectivity index (χ0v) is 16.6. The van der Waals surface area contributed by atoms with Gasteiger partial charge < -0.3 is 14.4 Å². The van der Waals surface area contributed by atoms with Gasteiger partial charge in [0.25, 0.3) is 11.8 Å². The van der Waals surface area contributed by atoms with Crippen molar-refractivity contribution in [1.29, 1.82) is 0 Å². The van der Waals surface area contributed by atoms with E-state index in [1.165, 1.54) is 18.4 Å². The van der Waals surface area contributed by atoms with Gasteiger partial charge in [0.1, 0.15) is 12.4 Å². The number of carbonyl (C=O) groups excluding carboxylic acids is 2. The van der Waals surface area contributed by atoms with Gasteiger partial charge in [-0.25, -0.2) is 4.98 Å². The summed E-state index contributed by atoms with van der Waals surface area (Å²) in [6.07, 6.45) is 0. The molecule has 29 heavy (non-hydrogen) atoms. The predicted molar refractivity (Wildman–Crippen MR) is 111 cm³/mol. The van der Waals surface area contributed by atoms with E-state index in [9.17, 15) is 9.59 Å². The first-order valence-electron chi connectivity index (χ1n) is 9.00. The molecule has 1 aliphatic rings. The van der Waals surface area contributed by atoms with Crippen LogP contribution in [0.3, 0.4) is 0 Å². The molecule has 0 radical (unpaired) electrons. The van der Waals surface area contributed by atoms with E-state index in [4.69, 9.17) is 9.47 Å². The molecule has 2 amide bonds. The fourth-order valence-corrected chi connectivity index (χ4v) is 3.79. The number of anilines is 2. The molecule has 2 aromatic carbocycles. The maximum atomic E-state index is 12.5. The van der Waals surface area contributed by atoms with Gasteiger partial charge >= 0.3 is 0 Å². The minimum absolute atomic E-state index is 0.0194. The molecule has 0 saturated carbocycles. The number of hydrogen-bond acceptors (Lipinski definition) is 6. The highest BCUT2D eigenvalue weighted by molar-refractivity contribution is 7.14. The van der Waals surface area contributed by atoms with Crippen LogP contribution in [0.1, 0.15) is 5.56 Å². The van der Waals surface area contributed by atoms with E-state index in [1.807, 2.05) is 53.9 Å². The molecule has 1 aromatic heterocycles. The van der Waals surface area contributed by atoms with Crippen molar-refractivity contribution in [1.82, 2.24) is 4.98 Å². The van der Waals surface area contributed by atoms with Gasteiger partial charge in [0.2, 0.25) is 0 Å². The molecule has 0 spiro atoms. The van der Waals surface area contributed by atoms with Crippen LogP contribution in [0.15, 0.2) is 53.9 Å². The Morgan fingerprint density at radius 1 is 1.28 bits per heavy atom. The third-order valence-corrected chi connectivity index (χ3v) is 5.16. The first-order chi connectivity index (χ1) is 14.1. The number of ether oxygens (including phenoxy) is 2. The fraction of sp³-hybridized carbons (Fsp3) is 0.190. The Morgan fingerprint density at radius 3 is 2.90 bits per heavy atom. The lowest BCUT2D eigenvalue weighted by Crippen LogP contribution is -2.38. The molecule has 0 bridgehead atoms. The van der Waals surface area contributed by atoms with Gasteiger partial charge in [0.05, 0.1) is 17.9 Å². The van der Waals surface area contributed by atoms with E-state index in [0.29, 0.717) is 28.8 Å². The van der Waals surface area contributed by atoms with E-state index in [1.54, 1.807) is 4.90 Å². The second-order valence-electron chi connectivity index (χ2n) is 6.46. The molecule has 7 nitrogen and oxygen atoms in total. The molecular weight excluding hydrogens is 390 g/mol. The summed E-state index contributed by atoms with van der Waals surface area (Å²) in [7, 11) is 1.46. The van der Waals surface area contributed by atoms with Gasteiger partial charge in [-0.3, -0.25) is 14.9 Å². The van der Waals surface area contributed by atoms with Crippen LogP contribution in [-0.4, -0.2) is 37.1 Å². The second kappa shape index (κ2) is 8.42. The lowest BCUT2D eigenvalue weighted by atomic mass is 10.1. The van der Waals surface area contributed by atoms with Crippen molar-refractivity contribution in [2.75, 3.05) is 30.5 Å². The number of methoxy groups -OCH3 is 1. The number of thiazole rings is 1. The number of carbonyl (C=O) groups is 2. The Kier molecular flexibility index (Phi) is 5.55. The zero-order valence-electron chi connectivity index (χ0n) is 15.8. The summed E-state index contributed by atoms with van der Waals surface area (Å²) in [6, 6.07) is 15.5. The van der Waals surface area contributed by atoms with E-state index < -0.39 is 0 Å². The van der Waals surface area contributed by atoms with Crippen LogP contribution in [-0.2, 0) is 20.9 Å². The highest BCUT2D eigenvalue weighted by atomic mass is 32.1. The Labute approximate surface area is 171 Å². The number of nitrogens with one attached hydrogen (secondary N) is 1. The normalized spacial score (nSPS) is 13.0. The molecule has 3 aromatic rings. The summed E-state index contributed by atoms with van der Waals surface area (Å²) in [4.78, 5) is 30.4. The van der Waals surface area contributed by atoms with Crippen LogP contribution in [0.4, 0.5) is 10.8 Å². The lowest BCUT2D eigenvalue weighted by Gasteiger charge is -2.29. The van der Waals surface area contributed by atoms with Crippen LogP contribution in [0.2, 0.25) is 0 Å². The van der Waals surface area contributed by atoms with E-state index in [2.05, 4.69) is 10.3 Å². The minimum atomic E-state index is -0.258. The average Bonchev–Trinajstić information content (AvgIpc) is 3.19. The topological polar surface area (TPSA) is 80.8 Å². The molecule has 0 fully saturated rings. The molecule has 4 rings (SSSR count). The Bertz CT molecular complexity index is 1040.